The number of nitrogens with one attached hydrogen (secondary N) is 1. The molecule has 78 heavy (non-hydrogen) atoms. The summed E-state index contributed by atoms with van der Waals surface area (Å²) in [6.45, 7) is 2.65. The normalized spacial score (nSPS) is 25.2. The molecule has 0 saturated carbocycles. The fraction of sp³-hybridized carbons (Fsp3) is 0.766. The van der Waals surface area contributed by atoms with Gasteiger partial charge in [-0.1, -0.05) is 214 Å². The predicted molar refractivity (Wildman–Crippen MR) is 313 cm³/mol. The van der Waals surface area contributed by atoms with Crippen LogP contribution in [0.15, 0.2) is 85.1 Å². The standard InChI is InChI=1S/C64H111NO13/c1-3-5-7-9-11-13-15-17-19-21-22-23-24-25-26-27-28-29-30-32-34-36-38-40-42-44-46-48-56(69)65-52(53(68)47-45-43-41-39-37-35-33-31-20-18-16-14-12-10-8-6-4-2)51-75-63-61(74)59(72)62(55(50-67)77-63)78-64-60(73)58(71)57(70)54(49-66)76-64/h5,7,11,13,17,19-20,22-23,31,37,39,45,47,52-55,57-64,66-68,70-74H,3-4,6,8-10,12,14-16,18,21,24-30,32-36,38,40-44,46,48-51H2,1-2H3,(H,65,69)/b7-5-,13-11-,19-17-,23-22-,31-20+,39-37+,47-45+. The Morgan fingerprint density at radius 3 is 1.41 bits per heavy atom. The number of allylic oxidation sites excluding steroid dienone is 13. The van der Waals surface area contributed by atoms with Crippen LogP contribution in [-0.2, 0) is 23.7 Å². The Morgan fingerprint density at radius 2 is 0.897 bits per heavy atom. The van der Waals surface area contributed by atoms with Crippen LogP contribution >= 0.6 is 0 Å². The van der Waals surface area contributed by atoms with Crippen LogP contribution in [0.25, 0.3) is 0 Å². The fourth-order valence-corrected chi connectivity index (χ4v) is 9.61. The maximum atomic E-state index is 13.3. The van der Waals surface area contributed by atoms with Crippen LogP contribution in [0.3, 0.4) is 0 Å². The predicted octanol–water partition coefficient (Wildman–Crippen LogP) is 10.9. The molecule has 2 heterocycles. The maximum Gasteiger partial charge on any atom is 0.220 e. The summed E-state index contributed by atoms with van der Waals surface area (Å²) in [6.07, 6.45) is 49.1. The first-order valence-corrected chi connectivity index (χ1v) is 30.8. The molecule has 2 rings (SSSR count). The lowest BCUT2D eigenvalue weighted by molar-refractivity contribution is -0.359. The van der Waals surface area contributed by atoms with Gasteiger partial charge < -0.3 is 65.1 Å². The van der Waals surface area contributed by atoms with Gasteiger partial charge in [0.05, 0.1) is 32.0 Å². The van der Waals surface area contributed by atoms with Crippen LogP contribution in [0, 0.1) is 0 Å². The molecule has 450 valence electrons. The highest BCUT2D eigenvalue weighted by Gasteiger charge is 2.51. The zero-order valence-electron chi connectivity index (χ0n) is 48.4. The third-order valence-electron chi connectivity index (χ3n) is 14.5. The second-order valence-corrected chi connectivity index (χ2v) is 21.4. The number of hydrogen-bond donors (Lipinski definition) is 9. The molecule has 12 atom stereocenters. The third kappa shape index (κ3) is 33.8. The molecule has 0 spiro atoms. The van der Waals surface area contributed by atoms with Crippen molar-refractivity contribution in [2.45, 2.75) is 293 Å². The van der Waals surface area contributed by atoms with Crippen LogP contribution in [0.1, 0.15) is 219 Å². The minimum atomic E-state index is -1.80. The molecule has 0 aromatic rings. The van der Waals surface area contributed by atoms with E-state index in [1.807, 2.05) is 6.08 Å². The number of unbranched alkanes of at least 4 members (excludes halogenated alkanes) is 23. The van der Waals surface area contributed by atoms with Gasteiger partial charge in [0.1, 0.15) is 48.8 Å². The number of carbonyl (C=O) groups is 1. The number of ether oxygens (including phenoxy) is 4. The topological polar surface area (TPSA) is 228 Å². The first kappa shape index (κ1) is 71.3. The van der Waals surface area contributed by atoms with Crippen LogP contribution in [0.5, 0.6) is 0 Å². The average Bonchev–Trinajstić information content (AvgIpc) is 3.44. The molecule has 2 fully saturated rings. The molecule has 14 nitrogen and oxygen atoms in total. The van der Waals surface area contributed by atoms with Gasteiger partial charge in [0.15, 0.2) is 12.6 Å². The molecular formula is C64H111NO13. The lowest BCUT2D eigenvalue weighted by atomic mass is 9.97. The first-order chi connectivity index (χ1) is 38.1. The Balaban J connectivity index is 1.74. The van der Waals surface area contributed by atoms with Gasteiger partial charge in [0, 0.05) is 6.42 Å². The summed E-state index contributed by atoms with van der Waals surface area (Å²) in [6, 6.07) is -0.942. The SMILES string of the molecule is CC/C=C\C/C=C\C/C=C\C/C=C\CCCCCCCCCCCCCCCCC(=O)NC(COC1OC(CO)C(OC2OC(CO)C(O)C(O)C2O)C(O)C1O)C(O)/C=C/CC/C=C/CC/C=C/CCCCCCCCC. The highest BCUT2D eigenvalue weighted by atomic mass is 16.7. The van der Waals surface area contributed by atoms with Crippen molar-refractivity contribution in [2.75, 3.05) is 19.8 Å². The minimum absolute atomic E-state index is 0.257. The van der Waals surface area contributed by atoms with Crippen LogP contribution in [0.2, 0.25) is 0 Å². The molecule has 1 amide bonds. The van der Waals surface area contributed by atoms with E-state index in [0.717, 1.165) is 70.6 Å². The number of rotatable bonds is 48. The molecular weight excluding hydrogens is 991 g/mol. The van der Waals surface area contributed by atoms with Crippen molar-refractivity contribution >= 4 is 5.91 Å². The summed E-state index contributed by atoms with van der Waals surface area (Å²) in [5.74, 6) is -0.257. The molecule has 0 aromatic heterocycles. The number of carbonyl (C=O) groups excluding carboxylic acids is 1. The lowest BCUT2D eigenvalue weighted by Crippen LogP contribution is -2.65. The van der Waals surface area contributed by atoms with Crippen LogP contribution in [0.4, 0.5) is 0 Å². The van der Waals surface area contributed by atoms with Gasteiger partial charge in [0.25, 0.3) is 0 Å². The Bertz CT molecular complexity index is 1630. The van der Waals surface area contributed by atoms with E-state index in [9.17, 15) is 45.6 Å². The first-order valence-electron chi connectivity index (χ1n) is 30.8. The van der Waals surface area contributed by atoms with Gasteiger partial charge >= 0.3 is 0 Å². The van der Waals surface area contributed by atoms with E-state index in [1.54, 1.807) is 6.08 Å². The largest absolute Gasteiger partial charge is 0.394 e. The highest BCUT2D eigenvalue weighted by molar-refractivity contribution is 5.76. The van der Waals surface area contributed by atoms with E-state index in [-0.39, 0.29) is 18.9 Å². The molecule has 0 bridgehead atoms. The quantitative estimate of drug-likeness (QED) is 0.0204. The second-order valence-electron chi connectivity index (χ2n) is 21.4. The van der Waals surface area contributed by atoms with Gasteiger partial charge in [-0.3, -0.25) is 4.79 Å². The van der Waals surface area contributed by atoms with Gasteiger partial charge in [-0.05, 0) is 83.5 Å². The van der Waals surface area contributed by atoms with Crippen molar-refractivity contribution in [3.05, 3.63) is 85.1 Å². The number of hydrogen-bond acceptors (Lipinski definition) is 13. The van der Waals surface area contributed by atoms with Crippen molar-refractivity contribution in [1.82, 2.24) is 5.32 Å². The Kier molecular flexibility index (Phi) is 44.6. The van der Waals surface area contributed by atoms with E-state index in [1.165, 1.54) is 116 Å². The summed E-state index contributed by atoms with van der Waals surface area (Å²) in [5.41, 5.74) is 0. The van der Waals surface area contributed by atoms with Crippen molar-refractivity contribution in [3.63, 3.8) is 0 Å². The minimum Gasteiger partial charge on any atom is -0.394 e. The molecule has 0 aromatic carbocycles. The number of aliphatic hydroxyl groups excluding tert-OH is 8. The van der Waals surface area contributed by atoms with Crippen LogP contribution in [-0.4, -0.2) is 140 Å². The third-order valence-corrected chi connectivity index (χ3v) is 14.5. The molecule has 14 heteroatoms. The van der Waals surface area contributed by atoms with Gasteiger partial charge in [-0.2, -0.15) is 0 Å². The smallest absolute Gasteiger partial charge is 0.220 e. The number of aliphatic hydroxyl groups is 8. The Morgan fingerprint density at radius 1 is 0.474 bits per heavy atom. The van der Waals surface area contributed by atoms with E-state index in [2.05, 4.69) is 92.1 Å². The fourth-order valence-electron chi connectivity index (χ4n) is 9.61. The summed E-state index contributed by atoms with van der Waals surface area (Å²) in [5, 5.41) is 87.1. The Labute approximate surface area is 471 Å². The summed E-state index contributed by atoms with van der Waals surface area (Å²) in [7, 11) is 0. The van der Waals surface area contributed by atoms with Crippen molar-refractivity contribution in [2.24, 2.45) is 0 Å². The van der Waals surface area contributed by atoms with Crippen molar-refractivity contribution in [1.29, 1.82) is 0 Å². The van der Waals surface area contributed by atoms with E-state index in [0.29, 0.717) is 12.8 Å². The van der Waals surface area contributed by atoms with Crippen molar-refractivity contribution in [3.8, 4) is 0 Å². The van der Waals surface area contributed by atoms with E-state index in [4.69, 9.17) is 18.9 Å². The summed E-state index contributed by atoms with van der Waals surface area (Å²) >= 11 is 0. The molecule has 2 saturated heterocycles. The van der Waals surface area contributed by atoms with Gasteiger partial charge in [-0.25, -0.2) is 0 Å². The van der Waals surface area contributed by atoms with E-state index < -0.39 is 86.8 Å². The zero-order valence-corrected chi connectivity index (χ0v) is 48.4. The molecule has 2 aliphatic rings. The monoisotopic (exact) mass is 1100 g/mol. The van der Waals surface area contributed by atoms with Crippen molar-refractivity contribution < 1.29 is 64.6 Å². The molecule has 0 aliphatic carbocycles. The summed E-state index contributed by atoms with van der Waals surface area (Å²) in [4.78, 5) is 13.3. The second kappa shape index (κ2) is 48.8. The number of amides is 1. The van der Waals surface area contributed by atoms with E-state index >= 15 is 0 Å². The lowest BCUT2D eigenvalue weighted by Gasteiger charge is -2.46. The zero-order chi connectivity index (χ0) is 56.7. The van der Waals surface area contributed by atoms with Gasteiger partial charge in [0.2, 0.25) is 5.91 Å². The maximum absolute atomic E-state index is 13.3. The molecule has 0 radical (unpaired) electrons. The Hall–Kier alpha value is -2.83. The molecule has 2 aliphatic heterocycles. The molecule has 12 unspecified atom stereocenters. The average molecular weight is 1100 g/mol. The van der Waals surface area contributed by atoms with Gasteiger partial charge in [-0.15, -0.1) is 0 Å². The molecule has 9 N–H and O–H groups in total. The highest BCUT2D eigenvalue weighted by Crippen LogP contribution is 2.30. The van der Waals surface area contributed by atoms with Crippen LogP contribution < -0.4 is 5.32 Å². The summed E-state index contributed by atoms with van der Waals surface area (Å²) < 4.78 is 22.8.